The van der Waals surface area contributed by atoms with Gasteiger partial charge >= 0.3 is 0 Å². The fourth-order valence-electron chi connectivity index (χ4n) is 1.84. The fraction of sp³-hybridized carbons (Fsp3) is 0.462. The number of nitro benzene ring substituents is 1. The van der Waals surface area contributed by atoms with Gasteiger partial charge in [-0.3, -0.25) is 14.9 Å². The maximum absolute atomic E-state index is 11.7. The van der Waals surface area contributed by atoms with E-state index in [2.05, 4.69) is 5.32 Å². The number of nitro groups is 1. The van der Waals surface area contributed by atoms with Crippen molar-refractivity contribution in [3.8, 4) is 0 Å². The van der Waals surface area contributed by atoms with E-state index in [9.17, 15) is 14.9 Å². The molecule has 1 N–H and O–H groups in total. The van der Waals surface area contributed by atoms with Crippen molar-refractivity contribution in [2.75, 3.05) is 5.32 Å². The molecule has 1 aromatic rings. The lowest BCUT2D eigenvalue weighted by Gasteiger charge is -2.22. The van der Waals surface area contributed by atoms with Crippen LogP contribution in [0.2, 0.25) is 13.1 Å². The van der Waals surface area contributed by atoms with E-state index in [1.807, 2.05) is 27.6 Å². The zero-order valence-electron chi connectivity index (χ0n) is 11.8. The van der Waals surface area contributed by atoms with Crippen LogP contribution in [0.15, 0.2) is 18.2 Å². The van der Waals surface area contributed by atoms with E-state index in [4.69, 9.17) is 0 Å². The third-order valence-electron chi connectivity index (χ3n) is 2.77. The van der Waals surface area contributed by atoms with Crippen molar-refractivity contribution in [2.45, 2.75) is 39.3 Å². The van der Waals surface area contributed by atoms with Gasteiger partial charge in [0, 0.05) is 18.5 Å². The van der Waals surface area contributed by atoms with E-state index < -0.39 is 4.92 Å². The summed E-state index contributed by atoms with van der Waals surface area (Å²) in [5, 5.41) is 13.6. The Bertz CT molecular complexity index is 495. The van der Waals surface area contributed by atoms with E-state index in [-0.39, 0.29) is 17.0 Å². The molecule has 19 heavy (non-hydrogen) atoms. The van der Waals surface area contributed by atoms with Crippen LogP contribution in [0.5, 0.6) is 0 Å². The molecule has 0 spiro atoms. The van der Waals surface area contributed by atoms with Crippen LogP contribution in [0, 0.1) is 10.1 Å². The average molecular weight is 262 g/mol. The Balaban J connectivity index is 3.18. The van der Waals surface area contributed by atoms with Crippen molar-refractivity contribution in [3.05, 3.63) is 33.9 Å². The van der Waals surface area contributed by atoms with Gasteiger partial charge in [0.1, 0.15) is 7.28 Å². The minimum Gasteiger partial charge on any atom is -0.326 e. The molecule has 0 aliphatic rings. The molecule has 0 unspecified atom stereocenters. The van der Waals surface area contributed by atoms with Crippen molar-refractivity contribution in [3.63, 3.8) is 0 Å². The molecule has 1 amide bonds. The standard InChI is InChI=1S/C13H19BN2O3/c1-13(2,3)10-6-5-9(16(18)19)7-11(10)15-12(17)8-14-4/h5-7,14H,8H2,1-4H3,(H,15,17). The predicted octanol–water partition coefficient (Wildman–Crippen LogP) is 2.73. The number of anilines is 1. The monoisotopic (exact) mass is 262 g/mol. The summed E-state index contributed by atoms with van der Waals surface area (Å²) >= 11 is 0. The van der Waals surface area contributed by atoms with Crippen molar-refractivity contribution in [1.82, 2.24) is 0 Å². The number of carbonyl (C=O) groups excluding carboxylic acids is 1. The van der Waals surface area contributed by atoms with Crippen molar-refractivity contribution < 1.29 is 9.72 Å². The zero-order valence-corrected chi connectivity index (χ0v) is 11.8. The van der Waals surface area contributed by atoms with Gasteiger partial charge in [0.25, 0.3) is 5.69 Å². The molecule has 1 rings (SSSR count). The molecular formula is C13H19BN2O3. The van der Waals surface area contributed by atoms with E-state index in [1.54, 1.807) is 6.07 Å². The highest BCUT2D eigenvalue weighted by Gasteiger charge is 2.21. The molecule has 0 saturated heterocycles. The number of rotatable bonds is 4. The van der Waals surface area contributed by atoms with Crippen LogP contribution in [0.1, 0.15) is 26.3 Å². The molecule has 0 bridgehead atoms. The Morgan fingerprint density at radius 1 is 1.42 bits per heavy atom. The van der Waals surface area contributed by atoms with Gasteiger partial charge in [-0.1, -0.05) is 27.6 Å². The highest BCUT2D eigenvalue weighted by Crippen LogP contribution is 2.32. The van der Waals surface area contributed by atoms with Crippen LogP contribution in [0.4, 0.5) is 11.4 Å². The largest absolute Gasteiger partial charge is 0.326 e. The Kier molecular flexibility index (Phi) is 4.69. The van der Waals surface area contributed by atoms with E-state index in [0.717, 1.165) is 12.8 Å². The van der Waals surface area contributed by atoms with E-state index in [1.165, 1.54) is 12.1 Å². The molecule has 5 nitrogen and oxygen atoms in total. The minimum absolute atomic E-state index is 0.0141. The second-order valence-corrected chi connectivity index (χ2v) is 5.54. The molecule has 0 atom stereocenters. The molecule has 0 aromatic heterocycles. The molecule has 102 valence electrons. The second kappa shape index (κ2) is 5.86. The first-order valence-corrected chi connectivity index (χ1v) is 6.34. The van der Waals surface area contributed by atoms with Crippen LogP contribution in [0.25, 0.3) is 0 Å². The molecular weight excluding hydrogens is 243 g/mol. The molecule has 1 aromatic carbocycles. The topological polar surface area (TPSA) is 72.2 Å². The molecule has 0 radical (unpaired) electrons. The quantitative estimate of drug-likeness (QED) is 0.515. The normalized spacial score (nSPS) is 10.9. The van der Waals surface area contributed by atoms with Crippen LogP contribution >= 0.6 is 0 Å². The van der Waals surface area contributed by atoms with Crippen LogP contribution in [-0.2, 0) is 10.2 Å². The molecule has 0 aliphatic heterocycles. The predicted molar refractivity (Wildman–Crippen MR) is 78.2 cm³/mol. The molecule has 0 saturated carbocycles. The minimum atomic E-state index is -0.456. The third-order valence-corrected chi connectivity index (χ3v) is 2.77. The summed E-state index contributed by atoms with van der Waals surface area (Å²) in [4.78, 5) is 22.1. The van der Waals surface area contributed by atoms with Gasteiger partial charge in [-0.15, -0.1) is 0 Å². The molecule has 0 heterocycles. The molecule has 6 heteroatoms. The van der Waals surface area contributed by atoms with E-state index in [0.29, 0.717) is 12.0 Å². The zero-order chi connectivity index (χ0) is 14.6. The lowest BCUT2D eigenvalue weighted by atomic mass is 9.77. The average Bonchev–Trinajstić information content (AvgIpc) is 2.27. The van der Waals surface area contributed by atoms with E-state index >= 15 is 0 Å². The number of carbonyl (C=O) groups is 1. The Morgan fingerprint density at radius 3 is 2.53 bits per heavy atom. The highest BCUT2D eigenvalue weighted by molar-refractivity contribution is 6.40. The summed E-state index contributed by atoms with van der Waals surface area (Å²) in [5.74, 6) is -0.117. The van der Waals surface area contributed by atoms with Crippen LogP contribution < -0.4 is 5.32 Å². The number of nitrogens with one attached hydrogen (secondary N) is 1. The number of nitrogens with zero attached hydrogens (tertiary/aromatic N) is 1. The number of amides is 1. The third kappa shape index (κ3) is 4.08. The van der Waals surface area contributed by atoms with Crippen molar-refractivity contribution in [1.29, 1.82) is 0 Å². The summed E-state index contributed by atoms with van der Waals surface area (Å²) in [5.41, 5.74) is 1.21. The van der Waals surface area contributed by atoms with Gasteiger partial charge in [0.15, 0.2) is 0 Å². The number of non-ortho nitro benzene ring substituents is 1. The first-order valence-electron chi connectivity index (χ1n) is 6.34. The summed E-state index contributed by atoms with van der Waals surface area (Å²) in [6, 6.07) is 4.60. The summed E-state index contributed by atoms with van der Waals surface area (Å²) < 4.78 is 0. The van der Waals surface area contributed by atoms with Gasteiger partial charge in [-0.2, -0.15) is 0 Å². The Hall–Kier alpha value is -1.85. The maximum atomic E-state index is 11.7. The second-order valence-electron chi connectivity index (χ2n) is 5.54. The van der Waals surface area contributed by atoms with Gasteiger partial charge in [0.2, 0.25) is 5.91 Å². The lowest BCUT2D eigenvalue weighted by molar-refractivity contribution is -0.384. The smallest absolute Gasteiger partial charge is 0.271 e. The van der Waals surface area contributed by atoms with Gasteiger partial charge < -0.3 is 5.32 Å². The van der Waals surface area contributed by atoms with Gasteiger partial charge in [-0.25, -0.2) is 0 Å². The SMILES string of the molecule is CBCC(=O)Nc1cc([N+](=O)[O-])ccc1C(C)(C)C. The first-order chi connectivity index (χ1) is 8.75. The number of hydrogen-bond acceptors (Lipinski definition) is 3. The molecule has 0 fully saturated rings. The van der Waals surface area contributed by atoms with Gasteiger partial charge in [0.05, 0.1) is 10.6 Å². The van der Waals surface area contributed by atoms with Crippen LogP contribution in [-0.4, -0.2) is 18.1 Å². The van der Waals surface area contributed by atoms with Crippen molar-refractivity contribution in [2.24, 2.45) is 0 Å². The first kappa shape index (κ1) is 15.2. The highest BCUT2D eigenvalue weighted by atomic mass is 16.6. The molecule has 0 aliphatic carbocycles. The van der Waals surface area contributed by atoms with Crippen molar-refractivity contribution >= 4 is 24.6 Å². The lowest BCUT2D eigenvalue weighted by Crippen LogP contribution is -2.19. The van der Waals surface area contributed by atoms with Crippen LogP contribution in [0.3, 0.4) is 0 Å². The number of benzene rings is 1. The Labute approximate surface area is 113 Å². The summed E-state index contributed by atoms with van der Waals surface area (Å²) in [6.45, 7) is 7.93. The fourth-order valence-corrected chi connectivity index (χ4v) is 1.84. The Morgan fingerprint density at radius 2 is 2.05 bits per heavy atom. The summed E-state index contributed by atoms with van der Waals surface area (Å²) in [7, 11) is 0.742. The van der Waals surface area contributed by atoms with Gasteiger partial charge in [-0.05, 0) is 17.0 Å². The maximum Gasteiger partial charge on any atom is 0.271 e. The number of hydrogen-bond donors (Lipinski definition) is 1. The summed E-state index contributed by atoms with van der Waals surface area (Å²) in [6.07, 6.45) is 0.409.